The van der Waals surface area contributed by atoms with Crippen molar-refractivity contribution in [3.8, 4) is 11.5 Å². The lowest BCUT2D eigenvalue weighted by atomic mass is 10.0. The van der Waals surface area contributed by atoms with Crippen molar-refractivity contribution in [3.63, 3.8) is 0 Å². The molecule has 0 aliphatic carbocycles. The fourth-order valence-corrected chi connectivity index (χ4v) is 2.48. The molecule has 4 rings (SSSR count). The van der Waals surface area contributed by atoms with Crippen LogP contribution in [0.4, 0.5) is 8.78 Å². The van der Waals surface area contributed by atoms with Gasteiger partial charge in [-0.2, -0.15) is 0 Å². The van der Waals surface area contributed by atoms with Crippen molar-refractivity contribution in [3.05, 3.63) is 47.5 Å². The monoisotopic (exact) mass is 392 g/mol. The maximum absolute atomic E-state index is 12.6. The molecule has 0 unspecified atom stereocenters. The zero-order valence-electron chi connectivity index (χ0n) is 17.0. The van der Waals surface area contributed by atoms with Gasteiger partial charge >= 0.3 is 6.29 Å². The standard InChI is InChI=1S/C10H10F2O2.C9H10N2O.C2H6/c1-6(2)7-3-4-8-9(5-7)14-10(11,12)13-8;1-6(2)7-3-4-8-9(5-7)11-12-10-8;1-2/h3-6H,1-2H3;3-6H,1-2H3;1-2H3. The molecule has 5 nitrogen and oxygen atoms in total. The highest BCUT2D eigenvalue weighted by atomic mass is 19.3. The van der Waals surface area contributed by atoms with Gasteiger partial charge in [-0.25, -0.2) is 4.63 Å². The largest absolute Gasteiger partial charge is 0.586 e. The van der Waals surface area contributed by atoms with Crippen molar-refractivity contribution in [2.75, 3.05) is 0 Å². The molecule has 0 fully saturated rings. The van der Waals surface area contributed by atoms with Gasteiger partial charge in [-0.05, 0) is 57.5 Å². The van der Waals surface area contributed by atoms with E-state index < -0.39 is 6.29 Å². The number of alkyl halides is 2. The lowest BCUT2D eigenvalue weighted by Crippen LogP contribution is -2.25. The third-order valence-corrected chi connectivity index (χ3v) is 4.04. The Morgan fingerprint density at radius 1 is 0.750 bits per heavy atom. The van der Waals surface area contributed by atoms with Gasteiger partial charge in [-0.3, -0.25) is 0 Å². The normalized spacial score (nSPS) is 13.8. The smallest absolute Gasteiger partial charge is 0.395 e. The Balaban J connectivity index is 0.000000186. The summed E-state index contributed by atoms with van der Waals surface area (Å²) in [5.41, 5.74) is 3.86. The summed E-state index contributed by atoms with van der Waals surface area (Å²) in [5, 5.41) is 7.51. The molecule has 3 aromatic rings. The van der Waals surface area contributed by atoms with E-state index in [9.17, 15) is 8.78 Å². The summed E-state index contributed by atoms with van der Waals surface area (Å²) in [6, 6.07) is 10.8. The number of halogens is 2. The van der Waals surface area contributed by atoms with Gasteiger partial charge in [0.1, 0.15) is 11.0 Å². The molecule has 0 saturated carbocycles. The van der Waals surface area contributed by atoms with Gasteiger partial charge in [0, 0.05) is 0 Å². The van der Waals surface area contributed by atoms with Crippen LogP contribution in [-0.4, -0.2) is 16.6 Å². The van der Waals surface area contributed by atoms with E-state index in [-0.39, 0.29) is 17.4 Å². The summed E-state index contributed by atoms with van der Waals surface area (Å²) in [7, 11) is 0. The van der Waals surface area contributed by atoms with E-state index in [1.54, 1.807) is 12.1 Å². The summed E-state index contributed by atoms with van der Waals surface area (Å²) in [6.45, 7) is 12.3. The third kappa shape index (κ3) is 5.18. The SMILES string of the molecule is CC.CC(C)c1ccc2c(c1)OC(F)(F)O2.CC(C)c1ccc2nonc2c1. The van der Waals surface area contributed by atoms with E-state index in [0.29, 0.717) is 5.92 Å². The van der Waals surface area contributed by atoms with Crippen LogP contribution < -0.4 is 9.47 Å². The second-order valence-electron chi connectivity index (χ2n) is 6.70. The zero-order chi connectivity index (χ0) is 20.9. The molecule has 152 valence electrons. The molecule has 1 aromatic heterocycles. The minimum Gasteiger partial charge on any atom is -0.395 e. The second-order valence-corrected chi connectivity index (χ2v) is 6.70. The molecule has 0 N–H and O–H groups in total. The first kappa shape index (κ1) is 21.6. The Kier molecular flexibility index (Phi) is 6.94. The highest BCUT2D eigenvalue weighted by Gasteiger charge is 2.43. The van der Waals surface area contributed by atoms with Crippen molar-refractivity contribution in [2.45, 2.75) is 59.7 Å². The number of hydrogen-bond acceptors (Lipinski definition) is 5. The molecule has 2 heterocycles. The van der Waals surface area contributed by atoms with Gasteiger partial charge in [-0.1, -0.05) is 53.7 Å². The molecule has 0 amide bonds. The van der Waals surface area contributed by atoms with E-state index in [1.165, 1.54) is 11.6 Å². The Morgan fingerprint density at radius 3 is 1.93 bits per heavy atom. The van der Waals surface area contributed by atoms with Crippen LogP contribution in [0.5, 0.6) is 11.5 Å². The van der Waals surface area contributed by atoms with Crippen LogP contribution in [0.2, 0.25) is 0 Å². The predicted octanol–water partition coefficient (Wildman–Crippen LogP) is 6.50. The fraction of sp³-hybridized carbons (Fsp3) is 0.429. The molecule has 0 radical (unpaired) electrons. The Labute approximate surface area is 163 Å². The Bertz CT molecular complexity index is 908. The van der Waals surface area contributed by atoms with Crippen LogP contribution in [0.25, 0.3) is 11.0 Å². The van der Waals surface area contributed by atoms with Crippen LogP contribution in [0.3, 0.4) is 0 Å². The Hall–Kier alpha value is -2.70. The van der Waals surface area contributed by atoms with E-state index in [0.717, 1.165) is 16.6 Å². The molecule has 1 aliphatic rings. The number of ether oxygens (including phenoxy) is 2. The molecule has 2 aromatic carbocycles. The summed E-state index contributed by atoms with van der Waals surface area (Å²) in [5.74, 6) is 1.00. The summed E-state index contributed by atoms with van der Waals surface area (Å²) in [6.07, 6.45) is -3.52. The van der Waals surface area contributed by atoms with Gasteiger partial charge in [0.05, 0.1) is 0 Å². The summed E-state index contributed by atoms with van der Waals surface area (Å²) >= 11 is 0. The first-order valence-electron chi connectivity index (χ1n) is 9.37. The average Bonchev–Trinajstić information content (AvgIpc) is 3.24. The number of fused-ring (bicyclic) bond motifs is 2. The first-order valence-corrected chi connectivity index (χ1v) is 9.37. The van der Waals surface area contributed by atoms with Gasteiger partial charge < -0.3 is 9.47 Å². The van der Waals surface area contributed by atoms with E-state index in [1.807, 2.05) is 39.8 Å². The van der Waals surface area contributed by atoms with Crippen LogP contribution in [-0.2, 0) is 0 Å². The van der Waals surface area contributed by atoms with Crippen molar-refractivity contribution >= 4 is 11.0 Å². The maximum Gasteiger partial charge on any atom is 0.586 e. The summed E-state index contributed by atoms with van der Waals surface area (Å²) in [4.78, 5) is 0. The number of hydrogen-bond donors (Lipinski definition) is 0. The van der Waals surface area contributed by atoms with Gasteiger partial charge in [0.25, 0.3) is 0 Å². The van der Waals surface area contributed by atoms with Crippen molar-refractivity contribution < 1.29 is 22.9 Å². The molecule has 28 heavy (non-hydrogen) atoms. The van der Waals surface area contributed by atoms with Gasteiger partial charge in [-0.15, -0.1) is 8.78 Å². The number of rotatable bonds is 2. The molecule has 0 saturated heterocycles. The molecular weight excluding hydrogens is 366 g/mol. The second kappa shape index (κ2) is 8.99. The highest BCUT2D eigenvalue weighted by molar-refractivity contribution is 5.73. The van der Waals surface area contributed by atoms with Crippen LogP contribution >= 0.6 is 0 Å². The van der Waals surface area contributed by atoms with Crippen LogP contribution in [0.15, 0.2) is 41.0 Å². The average molecular weight is 392 g/mol. The van der Waals surface area contributed by atoms with Gasteiger partial charge in [0.15, 0.2) is 11.5 Å². The predicted molar refractivity (Wildman–Crippen MR) is 104 cm³/mol. The van der Waals surface area contributed by atoms with Crippen molar-refractivity contribution in [1.29, 1.82) is 0 Å². The lowest BCUT2D eigenvalue weighted by Gasteiger charge is -2.05. The topological polar surface area (TPSA) is 57.4 Å². The van der Waals surface area contributed by atoms with Crippen LogP contribution in [0, 0.1) is 0 Å². The minimum absolute atomic E-state index is 0.0967. The molecule has 0 bridgehead atoms. The van der Waals surface area contributed by atoms with E-state index >= 15 is 0 Å². The third-order valence-electron chi connectivity index (χ3n) is 4.04. The van der Waals surface area contributed by atoms with E-state index in [4.69, 9.17) is 0 Å². The number of nitrogens with zero attached hydrogens (tertiary/aromatic N) is 2. The van der Waals surface area contributed by atoms with Crippen molar-refractivity contribution in [1.82, 2.24) is 10.3 Å². The maximum atomic E-state index is 12.6. The fourth-order valence-electron chi connectivity index (χ4n) is 2.48. The molecular formula is C21H26F2N2O3. The van der Waals surface area contributed by atoms with E-state index in [2.05, 4.69) is 44.3 Å². The molecule has 1 aliphatic heterocycles. The molecule has 0 atom stereocenters. The quantitative estimate of drug-likeness (QED) is 0.498. The Morgan fingerprint density at radius 2 is 1.29 bits per heavy atom. The first-order chi connectivity index (χ1) is 13.2. The van der Waals surface area contributed by atoms with Crippen LogP contribution in [0.1, 0.15) is 64.5 Å². The molecule has 0 spiro atoms. The van der Waals surface area contributed by atoms with Gasteiger partial charge in [0.2, 0.25) is 0 Å². The molecule has 7 heteroatoms. The summed E-state index contributed by atoms with van der Waals surface area (Å²) < 4.78 is 38.5. The number of benzene rings is 2. The van der Waals surface area contributed by atoms with Crippen molar-refractivity contribution in [2.24, 2.45) is 0 Å². The highest BCUT2D eigenvalue weighted by Crippen LogP contribution is 2.42. The number of aromatic nitrogens is 2. The zero-order valence-corrected chi connectivity index (χ0v) is 17.0. The lowest BCUT2D eigenvalue weighted by molar-refractivity contribution is -0.286. The minimum atomic E-state index is -3.52.